The molecule has 8 aromatic rings. The fraction of sp³-hybridized carbons (Fsp3) is 0.226. The summed E-state index contributed by atoms with van der Waals surface area (Å²) in [6.07, 6.45) is 4.65. The molecule has 4 N–H and O–H groups in total. The molecule has 2 heterocycles. The van der Waals surface area contributed by atoms with E-state index in [1.54, 1.807) is 84.9 Å². The Morgan fingerprint density at radius 2 is 0.851 bits per heavy atom. The predicted molar refractivity (Wildman–Crippen MR) is 316 cm³/mol. The fourth-order valence-electron chi connectivity index (χ4n) is 8.84. The Morgan fingerprint density at radius 1 is 0.483 bits per heavy atom. The zero-order valence-electron chi connectivity index (χ0n) is 46.6. The fourth-order valence-corrected chi connectivity index (χ4v) is 9.22. The van der Waals surface area contributed by atoms with Gasteiger partial charge in [-0.05, 0) is 136 Å². The molecule has 2 aliphatic carbocycles. The molecule has 10 rings (SSSR count). The van der Waals surface area contributed by atoms with Gasteiger partial charge in [-0.3, -0.25) is 29.1 Å². The van der Waals surface area contributed by atoms with Crippen molar-refractivity contribution in [3.63, 3.8) is 0 Å². The van der Waals surface area contributed by atoms with Gasteiger partial charge < -0.3 is 69.5 Å². The predicted octanol–water partition coefficient (Wildman–Crippen LogP) is 9.81. The van der Waals surface area contributed by atoms with E-state index in [0.29, 0.717) is 91.9 Å². The Bertz CT molecular complexity index is 3680. The number of hydrogen-bond donors (Lipinski definition) is 4. The van der Waals surface area contributed by atoms with Gasteiger partial charge in [0, 0.05) is 92.2 Å². The van der Waals surface area contributed by atoms with Crippen molar-refractivity contribution in [2.75, 3.05) is 48.7 Å². The quantitative estimate of drug-likeness (QED) is 0.0249. The minimum Gasteiger partial charge on any atom is -0.550 e. The first kappa shape index (κ1) is 64.0. The molecule has 0 spiro atoms. The van der Waals surface area contributed by atoms with Crippen LogP contribution in [0.25, 0.3) is 21.8 Å². The topological polar surface area (TPSA) is 278 Å². The van der Waals surface area contributed by atoms with Crippen LogP contribution in [0.15, 0.2) is 134 Å². The molecule has 0 bridgehead atoms. The molecule has 20 nitrogen and oxygen atoms in total. The van der Waals surface area contributed by atoms with Crippen molar-refractivity contribution in [3.8, 4) is 46.0 Å². The number of methoxy groups -OCH3 is 2. The van der Waals surface area contributed by atoms with Crippen LogP contribution < -0.4 is 59.9 Å². The monoisotopic (exact) mass is 1240 g/mol. The molecular weight excluding hydrogens is 1190 g/mol. The third-order valence-corrected chi connectivity index (χ3v) is 14.2. The Labute approximate surface area is 521 Å². The van der Waals surface area contributed by atoms with Gasteiger partial charge in [-0.25, -0.2) is 8.78 Å². The van der Waals surface area contributed by atoms with Crippen molar-refractivity contribution in [1.29, 1.82) is 0 Å². The molecule has 25 heteroatoms. The third kappa shape index (κ3) is 15.9. The van der Waals surface area contributed by atoms with Crippen molar-refractivity contribution in [2.45, 2.75) is 51.4 Å². The van der Waals surface area contributed by atoms with E-state index in [4.69, 9.17) is 51.6 Å². The Kier molecular flexibility index (Phi) is 20.9. The molecule has 444 valence electrons. The van der Waals surface area contributed by atoms with Crippen LogP contribution in [0.3, 0.4) is 0 Å². The summed E-state index contributed by atoms with van der Waals surface area (Å²) in [7, 11) is 2.90. The first-order chi connectivity index (χ1) is 41.4. The number of anilines is 4. The number of fused-ring (bicyclic) bond motifs is 2. The summed E-state index contributed by atoms with van der Waals surface area (Å²) in [6.45, 7) is 0.266. The summed E-state index contributed by atoms with van der Waals surface area (Å²) < 4.78 is 64.2. The summed E-state index contributed by atoms with van der Waals surface area (Å²) in [5.74, 6) is -4.00. The van der Waals surface area contributed by atoms with Gasteiger partial charge in [-0.2, -0.15) is 0 Å². The van der Waals surface area contributed by atoms with E-state index >= 15 is 8.78 Å². The van der Waals surface area contributed by atoms with Gasteiger partial charge in [-0.1, -0.05) is 35.3 Å². The molecule has 0 unspecified atom stereocenters. The number of benzene rings is 6. The number of carboxylic acids is 2. The zero-order chi connectivity index (χ0) is 61.1. The van der Waals surface area contributed by atoms with Crippen molar-refractivity contribution in [1.82, 2.24) is 9.97 Å². The molecule has 0 atom stereocenters. The number of aromatic nitrogens is 2. The van der Waals surface area contributed by atoms with Gasteiger partial charge in [-0.15, -0.1) is 0 Å². The number of ether oxygens (including phenoxy) is 6. The van der Waals surface area contributed by atoms with Gasteiger partial charge in [0.05, 0.1) is 38.5 Å². The van der Waals surface area contributed by atoms with Crippen molar-refractivity contribution in [2.24, 2.45) is 10.8 Å². The number of amides is 4. The molecule has 6 aromatic carbocycles. The van der Waals surface area contributed by atoms with Crippen LogP contribution in [0.5, 0.6) is 46.0 Å². The maximum Gasteiger partial charge on any atom is 2.00 e. The Morgan fingerprint density at radius 3 is 1.17 bits per heavy atom. The minimum atomic E-state index is -1.25. The van der Waals surface area contributed by atoms with E-state index in [1.165, 1.54) is 50.9 Å². The normalized spacial score (nSPS) is 13.0. The number of pyridine rings is 2. The van der Waals surface area contributed by atoms with Crippen LogP contribution in [0.2, 0.25) is 10.0 Å². The SMILES string of the molecule is COc1cc2c(Oc3ccc(NC(=O)C4(C(=O)Nc5cccc(Cl)c5)CC4)cc3F)ccnc2cc1OCCCC(=O)[O-].COc1cc2c(Oc3ccc(NC(=O)C4(C(=O)Nc5cccc(Cl)c5)CC4)cc3F)ccnc2cc1OCCCC(=O)[O-].[Mg+2]. The first-order valence-electron chi connectivity index (χ1n) is 26.7. The molecule has 0 saturated heterocycles. The zero-order valence-corrected chi connectivity index (χ0v) is 49.5. The summed E-state index contributed by atoms with van der Waals surface area (Å²) in [6, 6.07) is 30.8. The van der Waals surface area contributed by atoms with E-state index in [-0.39, 0.29) is 96.3 Å². The summed E-state index contributed by atoms with van der Waals surface area (Å²) >= 11 is 12.0. The smallest absolute Gasteiger partial charge is 0.550 e. The van der Waals surface area contributed by atoms with Crippen molar-refractivity contribution in [3.05, 3.63) is 155 Å². The molecule has 2 fully saturated rings. The second-order valence-electron chi connectivity index (χ2n) is 19.8. The van der Waals surface area contributed by atoms with Crippen LogP contribution in [-0.2, 0) is 28.8 Å². The van der Waals surface area contributed by atoms with E-state index in [0.717, 1.165) is 12.1 Å². The van der Waals surface area contributed by atoms with Crippen LogP contribution in [0, 0.1) is 22.5 Å². The minimum absolute atomic E-state index is 0. The van der Waals surface area contributed by atoms with Crippen LogP contribution >= 0.6 is 23.2 Å². The van der Waals surface area contributed by atoms with Crippen molar-refractivity contribution < 1.29 is 76.2 Å². The Hall–Kier alpha value is -9.03. The second-order valence-corrected chi connectivity index (χ2v) is 20.7. The van der Waals surface area contributed by atoms with Crippen LogP contribution in [-0.4, -0.2) is 96.0 Å². The van der Waals surface area contributed by atoms with E-state index in [2.05, 4.69) is 31.2 Å². The second kappa shape index (κ2) is 28.4. The number of hydrogen-bond acceptors (Lipinski definition) is 16. The van der Waals surface area contributed by atoms with Crippen molar-refractivity contribution >= 4 is 126 Å². The maximum absolute atomic E-state index is 15.1. The molecule has 87 heavy (non-hydrogen) atoms. The third-order valence-electron chi connectivity index (χ3n) is 13.8. The average molecular weight is 1240 g/mol. The van der Waals surface area contributed by atoms with E-state index in [1.807, 2.05) is 0 Å². The van der Waals surface area contributed by atoms with Crippen LogP contribution in [0.1, 0.15) is 51.4 Å². The molecule has 0 aliphatic heterocycles. The average Bonchev–Trinajstić information content (AvgIpc) is 1.80. The molecule has 2 saturated carbocycles. The van der Waals surface area contributed by atoms with Gasteiger partial charge in [0.25, 0.3) is 0 Å². The molecular formula is C62H52Cl2F2MgN6O14. The Balaban J connectivity index is 0.000000223. The molecule has 2 aromatic heterocycles. The van der Waals surface area contributed by atoms with Crippen LogP contribution in [0.4, 0.5) is 31.5 Å². The summed E-state index contributed by atoms with van der Waals surface area (Å²) in [5.41, 5.74) is -0.272. The summed E-state index contributed by atoms with van der Waals surface area (Å²) in [4.78, 5) is 81.7. The van der Waals surface area contributed by atoms with Gasteiger partial charge in [0.2, 0.25) is 23.6 Å². The summed E-state index contributed by atoms with van der Waals surface area (Å²) in [5, 5.41) is 33.9. The number of carboxylic acid groups (broad SMARTS) is 2. The number of nitrogens with zero attached hydrogens (tertiary/aromatic N) is 2. The van der Waals surface area contributed by atoms with Gasteiger partial charge in [0.15, 0.2) is 46.1 Å². The molecule has 0 radical (unpaired) electrons. The van der Waals surface area contributed by atoms with E-state index < -0.39 is 58.0 Å². The number of carbonyl (C=O) groups is 6. The number of nitrogens with one attached hydrogen (secondary N) is 4. The van der Waals surface area contributed by atoms with E-state index in [9.17, 15) is 39.0 Å². The first-order valence-corrected chi connectivity index (χ1v) is 27.4. The largest absolute Gasteiger partial charge is 2.00 e. The standard InChI is InChI=1S/2C31H27ClFN3O7.Mg/c2*1-41-26-16-21-23(17-27(26)42-13-3-6-28(37)38)34-12-9-24(21)43-25-8-7-20(15-22(25)33)36-30(40)31(10-11-31)29(39)35-19-5-2-4-18(32)14-19;/h2*2,4-5,7-9,12,14-17H,3,6,10-11,13H2,1H3,(H,35,39)(H,36,40)(H,37,38);/q;;+2/p-2. The number of halogens is 4. The number of carbonyl (C=O) groups excluding carboxylic acids is 6. The van der Waals surface area contributed by atoms with Gasteiger partial charge >= 0.3 is 23.1 Å². The van der Waals surface area contributed by atoms with Gasteiger partial charge in [0.1, 0.15) is 22.3 Å². The number of rotatable bonds is 24. The molecule has 2 aliphatic rings. The maximum atomic E-state index is 15.1. The molecule has 4 amide bonds. The number of aliphatic carboxylic acids is 2.